The summed E-state index contributed by atoms with van der Waals surface area (Å²) in [7, 11) is 0. The molecule has 5 heteroatoms. The largest absolute Gasteiger partial charge is 0.387 e. The van der Waals surface area contributed by atoms with Gasteiger partial charge in [-0.05, 0) is 32.8 Å². The van der Waals surface area contributed by atoms with Crippen LogP contribution in [-0.4, -0.2) is 45.6 Å². The lowest BCUT2D eigenvalue weighted by atomic mass is 9.95. The molecule has 0 atom stereocenters. The molecule has 1 N–H and O–H groups in total. The average Bonchev–Trinajstić information content (AvgIpc) is 2.37. The number of hydrogen-bond acceptors (Lipinski definition) is 4. The zero-order valence-electron chi connectivity index (χ0n) is 10.9. The van der Waals surface area contributed by atoms with Gasteiger partial charge in [0, 0.05) is 30.4 Å². The highest BCUT2D eigenvalue weighted by Gasteiger charge is 2.25. The molecule has 2 heterocycles. The predicted molar refractivity (Wildman–Crippen MR) is 67.1 cm³/mol. The first kappa shape index (κ1) is 13.0. The average molecular weight is 249 g/mol. The van der Waals surface area contributed by atoms with Crippen molar-refractivity contribution in [3.05, 3.63) is 23.3 Å². The predicted octanol–water partition coefficient (Wildman–Crippen LogP) is 0.792. The highest BCUT2D eigenvalue weighted by molar-refractivity contribution is 5.77. The molecule has 0 aromatic carbocycles. The van der Waals surface area contributed by atoms with Gasteiger partial charge >= 0.3 is 0 Å². The molecular formula is C13H19N3O2. The van der Waals surface area contributed by atoms with E-state index in [9.17, 15) is 4.79 Å². The fourth-order valence-electron chi connectivity index (χ4n) is 2.42. The number of likely N-dealkylation sites (tertiary alicyclic amines) is 1. The smallest absolute Gasteiger partial charge is 0.248 e. The highest BCUT2D eigenvalue weighted by atomic mass is 16.3. The second-order valence-corrected chi connectivity index (χ2v) is 4.82. The van der Waals surface area contributed by atoms with E-state index in [1.807, 2.05) is 19.9 Å². The molecule has 0 aliphatic carbocycles. The molecule has 2 rings (SSSR count). The number of amides is 1. The molecule has 98 valence electrons. The molecule has 0 saturated carbocycles. The van der Waals surface area contributed by atoms with Crippen molar-refractivity contribution in [1.29, 1.82) is 0 Å². The molecule has 1 aromatic rings. The number of aliphatic hydroxyl groups is 1. The molecule has 0 unspecified atom stereocenters. The lowest BCUT2D eigenvalue weighted by Crippen LogP contribution is -2.39. The molecule has 0 radical (unpaired) electrons. The number of carbonyl (C=O) groups excluding carboxylic acids is 1. The van der Waals surface area contributed by atoms with Crippen molar-refractivity contribution in [3.8, 4) is 0 Å². The topological polar surface area (TPSA) is 66.3 Å². The van der Waals surface area contributed by atoms with Crippen molar-refractivity contribution in [3.63, 3.8) is 0 Å². The summed E-state index contributed by atoms with van der Waals surface area (Å²) in [5, 5.41) is 8.83. The SMILES string of the molecule is Cc1cc(C)nc(C2CCN(C(=O)CO)CC2)n1. The molecule has 0 spiro atoms. The summed E-state index contributed by atoms with van der Waals surface area (Å²) in [6.45, 7) is 4.91. The maximum absolute atomic E-state index is 11.4. The van der Waals surface area contributed by atoms with Crippen LogP contribution in [0.25, 0.3) is 0 Å². The summed E-state index contributed by atoms with van der Waals surface area (Å²) in [6.07, 6.45) is 1.74. The van der Waals surface area contributed by atoms with Crippen LogP contribution in [0.1, 0.15) is 36.0 Å². The molecule has 1 amide bonds. The van der Waals surface area contributed by atoms with Gasteiger partial charge in [-0.1, -0.05) is 0 Å². The Bertz CT molecular complexity index is 420. The van der Waals surface area contributed by atoms with Crippen LogP contribution in [0.3, 0.4) is 0 Å². The summed E-state index contributed by atoms with van der Waals surface area (Å²) < 4.78 is 0. The third-order valence-electron chi connectivity index (χ3n) is 3.35. The van der Waals surface area contributed by atoms with Gasteiger partial charge in [0.15, 0.2) is 0 Å². The zero-order chi connectivity index (χ0) is 13.1. The van der Waals surface area contributed by atoms with Gasteiger partial charge in [0.2, 0.25) is 5.91 Å². The number of aliphatic hydroxyl groups excluding tert-OH is 1. The van der Waals surface area contributed by atoms with Crippen molar-refractivity contribution >= 4 is 5.91 Å². The van der Waals surface area contributed by atoms with Crippen LogP contribution < -0.4 is 0 Å². The van der Waals surface area contributed by atoms with Crippen LogP contribution >= 0.6 is 0 Å². The van der Waals surface area contributed by atoms with Crippen molar-refractivity contribution < 1.29 is 9.90 Å². The fourth-order valence-corrected chi connectivity index (χ4v) is 2.42. The van der Waals surface area contributed by atoms with Gasteiger partial charge in [-0.15, -0.1) is 0 Å². The molecular weight excluding hydrogens is 230 g/mol. The van der Waals surface area contributed by atoms with E-state index in [4.69, 9.17) is 5.11 Å². The number of hydrogen-bond donors (Lipinski definition) is 1. The third-order valence-corrected chi connectivity index (χ3v) is 3.35. The summed E-state index contributed by atoms with van der Waals surface area (Å²) in [6, 6.07) is 1.97. The first-order valence-electron chi connectivity index (χ1n) is 6.31. The summed E-state index contributed by atoms with van der Waals surface area (Å²) in [5.74, 6) is 1.03. The first-order chi connectivity index (χ1) is 8.60. The Hall–Kier alpha value is -1.49. The molecule has 5 nitrogen and oxygen atoms in total. The number of aromatic nitrogens is 2. The Morgan fingerprint density at radius 1 is 1.33 bits per heavy atom. The minimum Gasteiger partial charge on any atom is -0.387 e. The van der Waals surface area contributed by atoms with Crippen molar-refractivity contribution in [2.75, 3.05) is 19.7 Å². The molecule has 18 heavy (non-hydrogen) atoms. The van der Waals surface area contributed by atoms with Gasteiger partial charge in [0.1, 0.15) is 12.4 Å². The lowest BCUT2D eigenvalue weighted by molar-refractivity contribution is -0.135. The molecule has 1 aromatic heterocycles. The monoisotopic (exact) mass is 249 g/mol. The second-order valence-electron chi connectivity index (χ2n) is 4.82. The van der Waals surface area contributed by atoms with Crippen LogP contribution in [0.2, 0.25) is 0 Å². The lowest BCUT2D eigenvalue weighted by Gasteiger charge is -2.31. The van der Waals surface area contributed by atoms with Gasteiger partial charge in [0.05, 0.1) is 0 Å². The number of piperidine rings is 1. The number of rotatable bonds is 2. The van der Waals surface area contributed by atoms with Crippen LogP contribution in [0, 0.1) is 13.8 Å². The van der Waals surface area contributed by atoms with Crippen LogP contribution in [-0.2, 0) is 4.79 Å². The maximum Gasteiger partial charge on any atom is 0.248 e. The Morgan fingerprint density at radius 2 is 1.89 bits per heavy atom. The van der Waals surface area contributed by atoms with E-state index < -0.39 is 6.61 Å². The standard InChI is InChI=1S/C13H19N3O2/c1-9-7-10(2)15-13(14-9)11-3-5-16(6-4-11)12(18)8-17/h7,11,17H,3-6,8H2,1-2H3. The van der Waals surface area contributed by atoms with Crippen molar-refractivity contribution in [2.24, 2.45) is 0 Å². The van der Waals surface area contributed by atoms with Crippen LogP contribution in [0.5, 0.6) is 0 Å². The van der Waals surface area contributed by atoms with Gasteiger partial charge in [-0.3, -0.25) is 4.79 Å². The number of nitrogens with zero attached hydrogens (tertiary/aromatic N) is 3. The van der Waals surface area contributed by atoms with E-state index >= 15 is 0 Å². The van der Waals surface area contributed by atoms with Gasteiger partial charge in [-0.25, -0.2) is 9.97 Å². The third kappa shape index (κ3) is 2.85. The normalized spacial score (nSPS) is 16.9. The Kier molecular flexibility index (Phi) is 3.91. The van der Waals surface area contributed by atoms with E-state index in [1.165, 1.54) is 0 Å². The molecule has 1 saturated heterocycles. The summed E-state index contributed by atoms with van der Waals surface area (Å²) in [4.78, 5) is 22.0. The highest BCUT2D eigenvalue weighted by Crippen LogP contribution is 2.25. The van der Waals surface area contributed by atoms with E-state index in [0.717, 1.165) is 30.1 Å². The minimum absolute atomic E-state index is 0.185. The van der Waals surface area contributed by atoms with Gasteiger partial charge < -0.3 is 10.0 Å². The van der Waals surface area contributed by atoms with Crippen molar-refractivity contribution in [2.45, 2.75) is 32.6 Å². The Balaban J connectivity index is 2.03. The molecule has 1 fully saturated rings. The maximum atomic E-state index is 11.4. The zero-order valence-corrected chi connectivity index (χ0v) is 10.9. The van der Waals surface area contributed by atoms with E-state index in [-0.39, 0.29) is 5.91 Å². The fraction of sp³-hybridized carbons (Fsp3) is 0.615. The molecule has 1 aliphatic heterocycles. The van der Waals surface area contributed by atoms with Crippen molar-refractivity contribution in [1.82, 2.24) is 14.9 Å². The second kappa shape index (κ2) is 5.44. The van der Waals surface area contributed by atoms with Gasteiger partial charge in [0.25, 0.3) is 0 Å². The van der Waals surface area contributed by atoms with E-state index in [0.29, 0.717) is 19.0 Å². The van der Waals surface area contributed by atoms with Crippen LogP contribution in [0.4, 0.5) is 0 Å². The summed E-state index contributed by atoms with van der Waals surface area (Å²) >= 11 is 0. The first-order valence-corrected chi connectivity index (χ1v) is 6.31. The van der Waals surface area contributed by atoms with Gasteiger partial charge in [-0.2, -0.15) is 0 Å². The molecule has 0 bridgehead atoms. The summed E-state index contributed by atoms with van der Waals surface area (Å²) in [5.41, 5.74) is 1.98. The van der Waals surface area contributed by atoms with Crippen LogP contribution in [0.15, 0.2) is 6.07 Å². The Morgan fingerprint density at radius 3 is 2.39 bits per heavy atom. The minimum atomic E-state index is -0.398. The van der Waals surface area contributed by atoms with E-state index in [2.05, 4.69) is 9.97 Å². The number of carbonyl (C=O) groups is 1. The quantitative estimate of drug-likeness (QED) is 0.841. The molecule has 1 aliphatic rings. The Labute approximate surface area is 107 Å². The number of aryl methyl sites for hydroxylation is 2. The van der Waals surface area contributed by atoms with E-state index in [1.54, 1.807) is 4.90 Å².